The average Bonchev–Trinajstić information content (AvgIpc) is 2.86. The number of rotatable bonds is 7. The van der Waals surface area contributed by atoms with Crippen LogP contribution in [0, 0.1) is 5.82 Å². The van der Waals surface area contributed by atoms with E-state index in [1.165, 1.54) is 12.1 Å². The molecule has 5 nitrogen and oxygen atoms in total. The predicted octanol–water partition coefficient (Wildman–Crippen LogP) is 3.86. The standard InChI is InChI=1S/C26H25FN2O3/c27-21-12-10-19(11-13-21)24(29-14-16-32-17-15-29)18-28-26(31)23-9-5-4-8-22(23)25(30)20-6-2-1-3-7-20/h1-13,24H,14-18H2,(H,28,31). The van der Waals surface area contributed by atoms with Crippen LogP contribution in [0.25, 0.3) is 0 Å². The summed E-state index contributed by atoms with van der Waals surface area (Å²) in [6.45, 7) is 3.00. The van der Waals surface area contributed by atoms with E-state index in [4.69, 9.17) is 4.74 Å². The van der Waals surface area contributed by atoms with Gasteiger partial charge in [0.15, 0.2) is 5.78 Å². The van der Waals surface area contributed by atoms with Gasteiger partial charge in [-0.25, -0.2) is 4.39 Å². The highest BCUT2D eigenvalue weighted by atomic mass is 19.1. The van der Waals surface area contributed by atoms with E-state index in [-0.39, 0.29) is 23.5 Å². The van der Waals surface area contributed by atoms with Crippen LogP contribution in [-0.4, -0.2) is 49.4 Å². The van der Waals surface area contributed by atoms with Crippen molar-refractivity contribution < 1.29 is 18.7 Å². The maximum absolute atomic E-state index is 13.5. The number of carbonyl (C=O) groups is 2. The lowest BCUT2D eigenvalue weighted by atomic mass is 9.97. The second-order valence-corrected chi connectivity index (χ2v) is 7.67. The van der Waals surface area contributed by atoms with Crippen LogP contribution >= 0.6 is 0 Å². The van der Waals surface area contributed by atoms with Crippen LogP contribution in [0.1, 0.15) is 37.9 Å². The molecule has 0 aromatic heterocycles. The maximum Gasteiger partial charge on any atom is 0.252 e. The van der Waals surface area contributed by atoms with Gasteiger partial charge >= 0.3 is 0 Å². The molecule has 0 radical (unpaired) electrons. The number of ketones is 1. The van der Waals surface area contributed by atoms with Gasteiger partial charge in [0.05, 0.1) is 24.8 Å². The molecule has 1 saturated heterocycles. The molecule has 0 bridgehead atoms. The third-order valence-electron chi connectivity index (χ3n) is 5.65. The molecule has 1 unspecified atom stereocenters. The molecule has 6 heteroatoms. The summed E-state index contributed by atoms with van der Waals surface area (Å²) in [5.41, 5.74) is 2.15. The fourth-order valence-electron chi connectivity index (χ4n) is 3.94. The molecular weight excluding hydrogens is 407 g/mol. The fraction of sp³-hybridized carbons (Fsp3) is 0.231. The summed E-state index contributed by atoms with van der Waals surface area (Å²) in [4.78, 5) is 28.3. The van der Waals surface area contributed by atoms with E-state index in [9.17, 15) is 14.0 Å². The van der Waals surface area contributed by atoms with Gasteiger partial charge in [-0.3, -0.25) is 14.5 Å². The third-order valence-corrected chi connectivity index (χ3v) is 5.65. The molecule has 4 rings (SSSR count). The summed E-state index contributed by atoms with van der Waals surface area (Å²) in [5.74, 6) is -0.809. The van der Waals surface area contributed by atoms with Gasteiger partial charge in [0.2, 0.25) is 0 Å². The molecule has 1 heterocycles. The van der Waals surface area contributed by atoms with E-state index in [2.05, 4.69) is 10.2 Å². The number of halogens is 1. The van der Waals surface area contributed by atoms with Crippen molar-refractivity contribution >= 4 is 11.7 Å². The van der Waals surface area contributed by atoms with E-state index < -0.39 is 0 Å². The van der Waals surface area contributed by atoms with E-state index in [1.807, 2.05) is 6.07 Å². The van der Waals surface area contributed by atoms with Gasteiger partial charge in [0, 0.05) is 30.8 Å². The molecule has 1 fully saturated rings. The number of hydrogen-bond donors (Lipinski definition) is 1. The van der Waals surface area contributed by atoms with Gasteiger partial charge < -0.3 is 10.1 Å². The van der Waals surface area contributed by atoms with Crippen molar-refractivity contribution in [1.82, 2.24) is 10.2 Å². The fourth-order valence-corrected chi connectivity index (χ4v) is 3.94. The highest BCUT2D eigenvalue weighted by molar-refractivity contribution is 6.15. The molecule has 1 aliphatic heterocycles. The molecule has 3 aromatic carbocycles. The quantitative estimate of drug-likeness (QED) is 0.576. The van der Waals surface area contributed by atoms with Gasteiger partial charge in [-0.2, -0.15) is 0 Å². The van der Waals surface area contributed by atoms with Crippen LogP contribution in [0.5, 0.6) is 0 Å². The predicted molar refractivity (Wildman–Crippen MR) is 120 cm³/mol. The van der Waals surface area contributed by atoms with E-state index >= 15 is 0 Å². The minimum atomic E-state index is -0.315. The number of nitrogens with one attached hydrogen (secondary N) is 1. The molecular formula is C26H25FN2O3. The largest absolute Gasteiger partial charge is 0.379 e. The Morgan fingerprint density at radius 3 is 2.19 bits per heavy atom. The van der Waals surface area contributed by atoms with Crippen molar-refractivity contribution in [2.75, 3.05) is 32.8 Å². The Morgan fingerprint density at radius 2 is 1.50 bits per heavy atom. The summed E-state index contributed by atoms with van der Waals surface area (Å²) in [6.07, 6.45) is 0. The molecule has 0 aliphatic carbocycles. The Kier molecular flexibility index (Phi) is 7.04. The van der Waals surface area contributed by atoms with Crippen LogP contribution < -0.4 is 5.32 Å². The Bertz CT molecular complexity index is 1060. The van der Waals surface area contributed by atoms with E-state index in [0.717, 1.165) is 18.7 Å². The molecule has 0 saturated carbocycles. The summed E-state index contributed by atoms with van der Waals surface area (Å²) < 4.78 is 18.9. The van der Waals surface area contributed by atoms with Crippen LogP contribution in [0.15, 0.2) is 78.9 Å². The lowest BCUT2D eigenvalue weighted by molar-refractivity contribution is 0.0162. The Labute approximate surface area is 186 Å². The lowest BCUT2D eigenvalue weighted by Crippen LogP contribution is -2.44. The van der Waals surface area contributed by atoms with Crippen LogP contribution in [-0.2, 0) is 4.74 Å². The normalized spacial score (nSPS) is 15.2. The third kappa shape index (κ3) is 5.10. The highest BCUT2D eigenvalue weighted by Gasteiger charge is 2.24. The second kappa shape index (κ2) is 10.3. The van der Waals surface area contributed by atoms with Gasteiger partial charge in [-0.1, -0.05) is 60.7 Å². The molecule has 164 valence electrons. The molecule has 0 spiro atoms. The maximum atomic E-state index is 13.5. The summed E-state index contributed by atoms with van der Waals surface area (Å²) in [6, 6.07) is 22.0. The first kappa shape index (κ1) is 21.9. The SMILES string of the molecule is O=C(NCC(c1ccc(F)cc1)N1CCOCC1)c1ccccc1C(=O)c1ccccc1. The summed E-state index contributed by atoms with van der Waals surface area (Å²) in [5, 5.41) is 2.99. The Hall–Kier alpha value is -3.35. The lowest BCUT2D eigenvalue weighted by Gasteiger charge is -2.35. The van der Waals surface area contributed by atoms with Crippen molar-refractivity contribution in [1.29, 1.82) is 0 Å². The van der Waals surface area contributed by atoms with Gasteiger partial charge in [-0.15, -0.1) is 0 Å². The minimum Gasteiger partial charge on any atom is -0.379 e. The molecule has 1 amide bonds. The molecule has 1 N–H and O–H groups in total. The van der Waals surface area contributed by atoms with E-state index in [1.54, 1.807) is 60.7 Å². The second-order valence-electron chi connectivity index (χ2n) is 7.67. The first-order valence-corrected chi connectivity index (χ1v) is 10.7. The topological polar surface area (TPSA) is 58.6 Å². The zero-order chi connectivity index (χ0) is 22.3. The van der Waals surface area contributed by atoms with E-state index in [0.29, 0.717) is 36.4 Å². The molecule has 32 heavy (non-hydrogen) atoms. The van der Waals surface area contributed by atoms with Crippen LogP contribution in [0.4, 0.5) is 4.39 Å². The summed E-state index contributed by atoms with van der Waals surface area (Å²) in [7, 11) is 0. The summed E-state index contributed by atoms with van der Waals surface area (Å²) >= 11 is 0. The van der Waals surface area contributed by atoms with Crippen molar-refractivity contribution in [3.63, 3.8) is 0 Å². The van der Waals surface area contributed by atoms with Crippen LogP contribution in [0.3, 0.4) is 0 Å². The first-order chi connectivity index (χ1) is 15.6. The van der Waals surface area contributed by atoms with Gasteiger partial charge in [-0.05, 0) is 23.8 Å². The van der Waals surface area contributed by atoms with Crippen molar-refractivity contribution in [2.45, 2.75) is 6.04 Å². The first-order valence-electron chi connectivity index (χ1n) is 10.7. The van der Waals surface area contributed by atoms with Crippen molar-refractivity contribution in [3.8, 4) is 0 Å². The number of benzene rings is 3. The number of carbonyl (C=O) groups excluding carboxylic acids is 2. The van der Waals surface area contributed by atoms with Gasteiger partial charge in [0.1, 0.15) is 5.82 Å². The smallest absolute Gasteiger partial charge is 0.252 e. The highest BCUT2D eigenvalue weighted by Crippen LogP contribution is 2.22. The number of nitrogens with zero attached hydrogens (tertiary/aromatic N) is 1. The zero-order valence-electron chi connectivity index (χ0n) is 17.7. The molecule has 1 aliphatic rings. The number of amides is 1. The number of morpholine rings is 1. The number of ether oxygens (including phenoxy) is 1. The Balaban J connectivity index is 1.53. The monoisotopic (exact) mass is 432 g/mol. The molecule has 3 aromatic rings. The number of hydrogen-bond acceptors (Lipinski definition) is 4. The Morgan fingerprint density at radius 1 is 0.875 bits per heavy atom. The van der Waals surface area contributed by atoms with Crippen LogP contribution in [0.2, 0.25) is 0 Å². The van der Waals surface area contributed by atoms with Gasteiger partial charge in [0.25, 0.3) is 5.91 Å². The van der Waals surface area contributed by atoms with Crippen molar-refractivity contribution in [2.24, 2.45) is 0 Å². The zero-order valence-corrected chi connectivity index (χ0v) is 17.7. The van der Waals surface area contributed by atoms with Crippen molar-refractivity contribution in [3.05, 3.63) is 107 Å². The average molecular weight is 432 g/mol. The minimum absolute atomic E-state index is 0.125. The molecule has 1 atom stereocenters.